The fraction of sp³-hybridized carbons (Fsp3) is 0.364. The predicted molar refractivity (Wildman–Crippen MR) is 74.5 cm³/mol. The van der Waals surface area contributed by atoms with Gasteiger partial charge in [-0.2, -0.15) is 4.39 Å². The zero-order valence-corrected chi connectivity index (χ0v) is 12.2. The number of nitro groups is 1. The van der Waals surface area contributed by atoms with E-state index in [4.69, 9.17) is 27.8 Å². The van der Waals surface area contributed by atoms with Crippen molar-refractivity contribution in [2.24, 2.45) is 11.5 Å². The molecule has 116 valence electrons. The number of hydrogen-bond donors (Lipinski definition) is 2. The second kappa shape index (κ2) is 6.93. The first kappa shape index (κ1) is 16.8. The van der Waals surface area contributed by atoms with Crippen LogP contribution in [-0.2, 0) is 4.74 Å². The van der Waals surface area contributed by atoms with Crippen molar-refractivity contribution in [1.82, 2.24) is 9.78 Å². The number of halogens is 2. The number of rotatable bonds is 6. The molecule has 0 spiro atoms. The van der Waals surface area contributed by atoms with Crippen molar-refractivity contribution in [2.75, 3.05) is 7.11 Å². The Kier molecular flexibility index (Phi) is 5.53. The minimum absolute atomic E-state index is 0.00371. The Bertz CT molecular complexity index is 595. The highest BCUT2D eigenvalue weighted by Crippen LogP contribution is 2.27. The van der Waals surface area contributed by atoms with Gasteiger partial charge in [-0.05, 0) is 12.5 Å². The van der Waals surface area contributed by atoms with E-state index in [1.54, 1.807) is 6.92 Å². The van der Waals surface area contributed by atoms with Crippen LogP contribution in [0.4, 0.5) is 10.1 Å². The zero-order valence-electron chi connectivity index (χ0n) is 11.4. The molecular formula is C11H15ClFN5O3. The van der Waals surface area contributed by atoms with Gasteiger partial charge in [0.1, 0.15) is 6.20 Å². The molecule has 1 atom stereocenters. The second-order valence-corrected chi connectivity index (χ2v) is 4.46. The van der Waals surface area contributed by atoms with Gasteiger partial charge in [-0.3, -0.25) is 14.8 Å². The Balaban J connectivity index is 3.37. The topological polar surface area (TPSA) is 122 Å². The number of ether oxygens (including phenoxy) is 1. The Morgan fingerprint density at radius 3 is 2.71 bits per heavy atom. The summed E-state index contributed by atoms with van der Waals surface area (Å²) in [7, 11) is 1.34. The smallest absolute Gasteiger partial charge is 0.343 e. The van der Waals surface area contributed by atoms with E-state index in [1.165, 1.54) is 13.2 Å². The van der Waals surface area contributed by atoms with Crippen LogP contribution in [0.3, 0.4) is 0 Å². The Morgan fingerprint density at radius 1 is 1.71 bits per heavy atom. The molecule has 1 aromatic rings. The van der Waals surface area contributed by atoms with Crippen LogP contribution in [-0.4, -0.2) is 21.8 Å². The lowest BCUT2D eigenvalue weighted by Gasteiger charge is -2.18. The number of hydrogen-bond acceptors (Lipinski definition) is 6. The van der Waals surface area contributed by atoms with E-state index in [-0.39, 0.29) is 11.0 Å². The third kappa shape index (κ3) is 3.85. The minimum Gasteiger partial charge on any atom is -0.482 e. The first-order valence-electron chi connectivity index (χ1n) is 5.87. The van der Waals surface area contributed by atoms with Crippen molar-refractivity contribution < 1.29 is 14.1 Å². The number of nitrogens with zero attached hydrogens (tertiary/aromatic N) is 3. The van der Waals surface area contributed by atoms with Crippen molar-refractivity contribution in [3.63, 3.8) is 0 Å². The molecular weight excluding hydrogens is 305 g/mol. The molecule has 21 heavy (non-hydrogen) atoms. The molecule has 0 aliphatic heterocycles. The minimum atomic E-state index is -1.18. The van der Waals surface area contributed by atoms with Crippen LogP contribution in [0, 0.1) is 16.1 Å². The van der Waals surface area contributed by atoms with Crippen molar-refractivity contribution in [3.05, 3.63) is 44.9 Å². The van der Waals surface area contributed by atoms with Gasteiger partial charge in [-0.1, -0.05) is 18.5 Å². The van der Waals surface area contributed by atoms with Crippen LogP contribution in [0.2, 0.25) is 0 Å². The molecule has 0 amide bonds. The van der Waals surface area contributed by atoms with E-state index in [1.807, 2.05) is 0 Å². The van der Waals surface area contributed by atoms with Gasteiger partial charge in [0.05, 0.1) is 23.2 Å². The maximum Gasteiger partial charge on any atom is 0.343 e. The first-order valence-corrected chi connectivity index (χ1v) is 6.24. The summed E-state index contributed by atoms with van der Waals surface area (Å²) in [5, 5.41) is 14.1. The molecule has 0 fully saturated rings. The summed E-state index contributed by atoms with van der Waals surface area (Å²) in [6, 6.07) is -0.620. The summed E-state index contributed by atoms with van der Waals surface area (Å²) in [4.78, 5) is 9.82. The molecule has 1 rings (SSSR count). The van der Waals surface area contributed by atoms with Gasteiger partial charge in [0.25, 0.3) is 0 Å². The molecule has 0 bridgehead atoms. The highest BCUT2D eigenvalue weighted by Gasteiger charge is 2.25. The van der Waals surface area contributed by atoms with Crippen LogP contribution < -0.4 is 11.5 Å². The molecule has 0 aromatic carbocycles. The number of aromatic nitrogens is 2. The van der Waals surface area contributed by atoms with Gasteiger partial charge in [0.15, 0.2) is 5.88 Å². The third-order valence-corrected chi connectivity index (χ3v) is 2.84. The zero-order chi connectivity index (χ0) is 16.2. The monoisotopic (exact) mass is 319 g/mol. The lowest BCUT2D eigenvalue weighted by atomic mass is 10.1. The highest BCUT2D eigenvalue weighted by molar-refractivity contribution is 6.29. The van der Waals surface area contributed by atoms with Crippen molar-refractivity contribution in [1.29, 1.82) is 0 Å². The molecule has 0 aliphatic carbocycles. The number of methoxy groups -OCH3 is 1. The molecule has 8 nitrogen and oxygen atoms in total. The van der Waals surface area contributed by atoms with E-state index in [0.29, 0.717) is 12.0 Å². The fourth-order valence-corrected chi connectivity index (χ4v) is 1.91. The van der Waals surface area contributed by atoms with Crippen LogP contribution in [0.15, 0.2) is 28.9 Å². The molecule has 0 saturated heterocycles. The normalized spacial score (nSPS) is 14.6. The summed E-state index contributed by atoms with van der Waals surface area (Å²) in [6.45, 7) is 1.76. The van der Waals surface area contributed by atoms with Crippen LogP contribution >= 0.6 is 11.6 Å². The van der Waals surface area contributed by atoms with E-state index < -0.39 is 22.6 Å². The molecule has 1 heterocycles. The Labute approximate surface area is 124 Å². The molecule has 4 N–H and O–H groups in total. The molecule has 1 unspecified atom stereocenters. The lowest BCUT2D eigenvalue weighted by molar-refractivity contribution is -0.387. The molecule has 1 aromatic heterocycles. The van der Waals surface area contributed by atoms with Crippen molar-refractivity contribution in [2.45, 2.75) is 19.4 Å². The standard InChI is InChI=1S/C11H15ClFN5O3/c1-3-7(6(4-9(12)14)11(15)21-2)17-5-8(18(19)20)10(13)16-17/h4-5,7H,3,14-15H2,1-2H3/b9-4-,11-6-. The summed E-state index contributed by atoms with van der Waals surface area (Å²) in [5.41, 5.74) is 10.7. The summed E-state index contributed by atoms with van der Waals surface area (Å²) in [6.07, 6.45) is 2.71. The lowest BCUT2D eigenvalue weighted by Crippen LogP contribution is -2.17. The average Bonchev–Trinajstić information content (AvgIpc) is 2.79. The molecule has 10 heteroatoms. The first-order chi connectivity index (χ1) is 9.81. The van der Waals surface area contributed by atoms with Gasteiger partial charge >= 0.3 is 11.6 Å². The largest absolute Gasteiger partial charge is 0.482 e. The van der Waals surface area contributed by atoms with Gasteiger partial charge in [0, 0.05) is 5.57 Å². The maximum atomic E-state index is 13.4. The van der Waals surface area contributed by atoms with Crippen LogP contribution in [0.25, 0.3) is 0 Å². The van der Waals surface area contributed by atoms with Gasteiger partial charge < -0.3 is 16.2 Å². The van der Waals surface area contributed by atoms with E-state index in [9.17, 15) is 14.5 Å². The average molecular weight is 320 g/mol. The number of allylic oxidation sites excluding steroid dienone is 2. The van der Waals surface area contributed by atoms with Crippen LogP contribution in [0.1, 0.15) is 19.4 Å². The Morgan fingerprint density at radius 2 is 2.33 bits per heavy atom. The van der Waals surface area contributed by atoms with Crippen molar-refractivity contribution in [3.8, 4) is 0 Å². The van der Waals surface area contributed by atoms with E-state index in [2.05, 4.69) is 5.10 Å². The van der Waals surface area contributed by atoms with E-state index in [0.717, 1.165) is 10.9 Å². The highest BCUT2D eigenvalue weighted by atomic mass is 35.5. The quantitative estimate of drug-likeness (QED) is 0.271. The van der Waals surface area contributed by atoms with Crippen LogP contribution in [0.5, 0.6) is 0 Å². The van der Waals surface area contributed by atoms with Crippen molar-refractivity contribution >= 4 is 17.3 Å². The van der Waals surface area contributed by atoms with Gasteiger partial charge in [-0.25, -0.2) is 0 Å². The summed E-state index contributed by atoms with van der Waals surface area (Å²) in [5.74, 6) is -1.18. The number of nitrogens with two attached hydrogens (primary N) is 2. The molecule has 0 aliphatic rings. The summed E-state index contributed by atoms with van der Waals surface area (Å²) < 4.78 is 19.5. The SMILES string of the molecule is CCC(C(/C=C(\N)Cl)=C(/N)OC)n1cc([N+](=O)[O-])c(F)n1. The summed E-state index contributed by atoms with van der Waals surface area (Å²) >= 11 is 5.63. The Hall–Kier alpha value is -2.29. The van der Waals surface area contributed by atoms with Gasteiger partial charge in [0.2, 0.25) is 0 Å². The fourth-order valence-electron chi connectivity index (χ4n) is 1.79. The van der Waals surface area contributed by atoms with E-state index >= 15 is 0 Å². The second-order valence-electron chi connectivity index (χ2n) is 4.02. The molecule has 0 saturated carbocycles. The predicted octanol–water partition coefficient (Wildman–Crippen LogP) is 1.74. The van der Waals surface area contributed by atoms with Gasteiger partial charge in [-0.15, -0.1) is 5.10 Å². The third-order valence-electron chi connectivity index (χ3n) is 2.73. The molecule has 0 radical (unpaired) electrons. The maximum absolute atomic E-state index is 13.4.